The van der Waals surface area contributed by atoms with Gasteiger partial charge < -0.3 is 14.2 Å². The van der Waals surface area contributed by atoms with Crippen LogP contribution in [-0.4, -0.2) is 23.9 Å². The average Bonchev–Trinajstić information content (AvgIpc) is 3.28. The van der Waals surface area contributed by atoms with Gasteiger partial charge in [-0.15, -0.1) is 0 Å². The number of benzene rings is 3. The van der Waals surface area contributed by atoms with E-state index in [2.05, 4.69) is 0 Å². The lowest BCUT2D eigenvalue weighted by molar-refractivity contribution is -0.140. The van der Waals surface area contributed by atoms with Crippen LogP contribution in [0.5, 0.6) is 17.2 Å². The van der Waals surface area contributed by atoms with Crippen LogP contribution in [-0.2, 0) is 6.18 Å². The highest BCUT2D eigenvalue weighted by Gasteiger charge is 2.44. The van der Waals surface area contributed by atoms with Crippen LogP contribution in [0.2, 0.25) is 0 Å². The van der Waals surface area contributed by atoms with E-state index in [1.807, 2.05) is 36.4 Å². The summed E-state index contributed by atoms with van der Waals surface area (Å²) in [5, 5.41) is 6.42. The van der Waals surface area contributed by atoms with Crippen LogP contribution in [0.4, 0.5) is 13.2 Å². The zero-order valence-electron chi connectivity index (χ0n) is 17.4. The first-order valence-electron chi connectivity index (χ1n) is 10.7. The number of fused-ring (bicyclic) bond motifs is 4. The summed E-state index contributed by atoms with van der Waals surface area (Å²) in [6.07, 6.45) is -4.98. The third-order valence-electron chi connectivity index (χ3n) is 6.11. The summed E-state index contributed by atoms with van der Waals surface area (Å²) in [4.78, 5) is 0. The maximum atomic E-state index is 13.8. The zero-order valence-corrected chi connectivity index (χ0v) is 17.4. The van der Waals surface area contributed by atoms with Crippen molar-refractivity contribution in [1.29, 1.82) is 0 Å². The molecule has 0 aromatic heterocycles. The van der Waals surface area contributed by atoms with Gasteiger partial charge in [-0.2, -0.15) is 18.3 Å². The van der Waals surface area contributed by atoms with Gasteiger partial charge in [0.2, 0.25) is 6.23 Å². The van der Waals surface area contributed by atoms with Gasteiger partial charge in [-0.1, -0.05) is 36.4 Å². The van der Waals surface area contributed by atoms with E-state index < -0.39 is 18.0 Å². The minimum absolute atomic E-state index is 0.0386. The average molecular weight is 452 g/mol. The summed E-state index contributed by atoms with van der Waals surface area (Å²) in [6.45, 7) is 0.965. The molecule has 5 nitrogen and oxygen atoms in total. The standard InChI is InChI=1S/C25H19F3N2O3/c26-25(27,28)18-7-3-1-5-16(18)24-30-20(17-6-2-4-8-21(17)33-24)14-19(29-30)15-9-10-22-23(13-15)32-12-11-31-22/h1-10,13,20,24H,11-12,14H2/t20-,24-/m0/s1. The van der Waals surface area contributed by atoms with Gasteiger partial charge >= 0.3 is 6.18 Å². The second-order valence-electron chi connectivity index (χ2n) is 8.10. The van der Waals surface area contributed by atoms with Crippen LogP contribution in [0.3, 0.4) is 0 Å². The van der Waals surface area contributed by atoms with Crippen molar-refractivity contribution in [2.75, 3.05) is 13.2 Å². The summed E-state index contributed by atoms with van der Waals surface area (Å²) in [5.74, 6) is 1.88. The number of rotatable bonds is 2. The first-order chi connectivity index (χ1) is 16.0. The second kappa shape index (κ2) is 7.43. The fourth-order valence-corrected chi connectivity index (χ4v) is 4.61. The summed E-state index contributed by atoms with van der Waals surface area (Å²) in [5.41, 5.74) is 1.81. The van der Waals surface area contributed by atoms with Crippen LogP contribution in [0.25, 0.3) is 0 Å². The lowest BCUT2D eigenvalue weighted by Gasteiger charge is -2.38. The minimum Gasteiger partial charge on any atom is -0.486 e. The molecule has 0 radical (unpaired) electrons. The highest BCUT2D eigenvalue weighted by Crippen LogP contribution is 2.49. The maximum Gasteiger partial charge on any atom is 0.416 e. The van der Waals surface area contributed by atoms with Crippen molar-refractivity contribution in [3.63, 3.8) is 0 Å². The number of halogens is 3. The molecule has 0 fully saturated rings. The molecule has 3 aliphatic heterocycles. The molecule has 3 heterocycles. The summed E-state index contributed by atoms with van der Waals surface area (Å²) < 4.78 is 58.8. The van der Waals surface area contributed by atoms with E-state index >= 15 is 0 Å². The van der Waals surface area contributed by atoms with Gasteiger partial charge in [-0.25, -0.2) is 5.01 Å². The molecule has 168 valence electrons. The zero-order chi connectivity index (χ0) is 22.6. The topological polar surface area (TPSA) is 43.3 Å². The summed E-state index contributed by atoms with van der Waals surface area (Å²) in [6, 6.07) is 18.3. The maximum absolute atomic E-state index is 13.8. The van der Waals surface area contributed by atoms with Crippen molar-refractivity contribution in [3.05, 3.63) is 89.0 Å². The first-order valence-corrected chi connectivity index (χ1v) is 10.7. The third-order valence-corrected chi connectivity index (χ3v) is 6.11. The Morgan fingerprint density at radius 3 is 2.36 bits per heavy atom. The van der Waals surface area contributed by atoms with Crippen LogP contribution in [0.1, 0.15) is 40.9 Å². The Morgan fingerprint density at radius 2 is 1.55 bits per heavy atom. The number of ether oxygens (including phenoxy) is 3. The molecular formula is C25H19F3N2O3. The Labute approximate surface area is 188 Å². The van der Waals surface area contributed by atoms with Crippen molar-refractivity contribution in [1.82, 2.24) is 5.01 Å². The molecule has 3 aliphatic rings. The SMILES string of the molecule is FC(F)(F)c1ccccc1[C@@H]1Oc2ccccc2[C@@H]2CC(c3ccc4c(c3)OCCO4)=NN21. The van der Waals surface area contributed by atoms with Gasteiger partial charge in [0.25, 0.3) is 0 Å². The summed E-state index contributed by atoms with van der Waals surface area (Å²) in [7, 11) is 0. The molecule has 0 unspecified atom stereocenters. The molecular weight excluding hydrogens is 433 g/mol. The monoisotopic (exact) mass is 452 g/mol. The van der Waals surface area contributed by atoms with Crippen molar-refractivity contribution < 1.29 is 27.4 Å². The molecule has 0 N–H and O–H groups in total. The lowest BCUT2D eigenvalue weighted by Crippen LogP contribution is -2.35. The van der Waals surface area contributed by atoms with Gasteiger partial charge in [-0.3, -0.25) is 0 Å². The van der Waals surface area contributed by atoms with E-state index in [9.17, 15) is 13.2 Å². The Morgan fingerprint density at radius 1 is 0.818 bits per heavy atom. The molecule has 8 heteroatoms. The van der Waals surface area contributed by atoms with E-state index in [-0.39, 0.29) is 11.6 Å². The summed E-state index contributed by atoms with van der Waals surface area (Å²) >= 11 is 0. The second-order valence-corrected chi connectivity index (χ2v) is 8.10. The van der Waals surface area contributed by atoms with Crippen LogP contribution < -0.4 is 14.2 Å². The molecule has 0 aliphatic carbocycles. The van der Waals surface area contributed by atoms with Crippen LogP contribution in [0.15, 0.2) is 71.8 Å². The molecule has 0 amide bonds. The molecule has 0 spiro atoms. The van der Waals surface area contributed by atoms with Gasteiger partial charge in [0, 0.05) is 23.1 Å². The Hall–Kier alpha value is -3.68. The van der Waals surface area contributed by atoms with E-state index in [0.717, 1.165) is 22.9 Å². The molecule has 0 bridgehead atoms. The number of nitrogens with zero attached hydrogens (tertiary/aromatic N) is 2. The number of hydrazone groups is 1. The number of hydrogen-bond donors (Lipinski definition) is 0. The van der Waals surface area contributed by atoms with Gasteiger partial charge in [0.15, 0.2) is 11.5 Å². The molecule has 0 saturated heterocycles. The molecule has 0 saturated carbocycles. The van der Waals surface area contributed by atoms with E-state index in [1.54, 1.807) is 17.1 Å². The Bertz CT molecular complexity index is 1260. The quantitative estimate of drug-likeness (QED) is 0.499. The van der Waals surface area contributed by atoms with Gasteiger partial charge in [0.1, 0.15) is 19.0 Å². The normalized spacial score (nSPS) is 21.1. The lowest BCUT2D eigenvalue weighted by atomic mass is 9.95. The van der Waals surface area contributed by atoms with E-state index in [4.69, 9.17) is 19.3 Å². The third kappa shape index (κ3) is 3.37. The number of para-hydroxylation sites is 1. The number of alkyl halides is 3. The predicted molar refractivity (Wildman–Crippen MR) is 114 cm³/mol. The van der Waals surface area contributed by atoms with Gasteiger partial charge in [-0.05, 0) is 30.3 Å². The Balaban J connectivity index is 1.45. The molecule has 33 heavy (non-hydrogen) atoms. The number of hydrogen-bond acceptors (Lipinski definition) is 5. The Kier molecular flexibility index (Phi) is 4.50. The smallest absolute Gasteiger partial charge is 0.416 e. The van der Waals surface area contributed by atoms with Crippen molar-refractivity contribution in [2.45, 2.75) is 24.9 Å². The molecule has 2 atom stereocenters. The van der Waals surface area contributed by atoms with Crippen molar-refractivity contribution >= 4 is 5.71 Å². The fraction of sp³-hybridized carbons (Fsp3) is 0.240. The van der Waals surface area contributed by atoms with Gasteiger partial charge in [0.05, 0.1) is 17.3 Å². The van der Waals surface area contributed by atoms with Crippen molar-refractivity contribution in [3.8, 4) is 17.2 Å². The molecule has 3 aromatic carbocycles. The highest BCUT2D eigenvalue weighted by atomic mass is 19.4. The van der Waals surface area contributed by atoms with E-state index in [0.29, 0.717) is 36.9 Å². The predicted octanol–water partition coefficient (Wildman–Crippen LogP) is 5.72. The minimum atomic E-state index is -4.51. The highest BCUT2D eigenvalue weighted by molar-refractivity contribution is 6.02. The van der Waals surface area contributed by atoms with E-state index in [1.165, 1.54) is 12.1 Å². The fourth-order valence-electron chi connectivity index (χ4n) is 4.61. The van der Waals surface area contributed by atoms with Crippen LogP contribution >= 0.6 is 0 Å². The molecule has 3 aromatic rings. The first kappa shape index (κ1) is 20.0. The largest absolute Gasteiger partial charge is 0.486 e. The van der Waals surface area contributed by atoms with Crippen molar-refractivity contribution in [2.24, 2.45) is 5.10 Å². The molecule has 6 rings (SSSR count). The van der Waals surface area contributed by atoms with Crippen LogP contribution in [0, 0.1) is 0 Å².